The van der Waals surface area contributed by atoms with Gasteiger partial charge < -0.3 is 11.1 Å². The molecule has 0 heterocycles. The van der Waals surface area contributed by atoms with E-state index in [4.69, 9.17) is 5.73 Å². The minimum atomic E-state index is -0.337. The largest absolute Gasteiger partial charge is 0.399 e. The van der Waals surface area contributed by atoms with Crippen LogP contribution in [0.1, 0.15) is 44.4 Å². The van der Waals surface area contributed by atoms with Crippen molar-refractivity contribution in [2.24, 2.45) is 5.41 Å². The molecule has 1 atom stereocenters. The van der Waals surface area contributed by atoms with Gasteiger partial charge in [0, 0.05) is 11.1 Å². The van der Waals surface area contributed by atoms with Gasteiger partial charge in [0.1, 0.15) is 0 Å². The van der Waals surface area contributed by atoms with Crippen LogP contribution in [0.5, 0.6) is 0 Å². The van der Waals surface area contributed by atoms with Crippen molar-refractivity contribution in [1.82, 2.24) is 5.32 Å². The number of nitrogens with one attached hydrogen (secondary N) is 1. The van der Waals surface area contributed by atoms with E-state index in [0.717, 1.165) is 18.5 Å². The summed E-state index contributed by atoms with van der Waals surface area (Å²) in [5, 5.41) is 3.11. The number of nitrogen functional groups attached to an aromatic ring is 1. The summed E-state index contributed by atoms with van der Waals surface area (Å²) < 4.78 is 0. The van der Waals surface area contributed by atoms with E-state index in [1.54, 1.807) is 0 Å². The van der Waals surface area contributed by atoms with Gasteiger partial charge in [0.05, 0.1) is 6.04 Å². The highest BCUT2D eigenvalue weighted by Crippen LogP contribution is 2.33. The number of anilines is 1. The third-order valence-electron chi connectivity index (χ3n) is 3.23. The fourth-order valence-corrected chi connectivity index (χ4v) is 2.16. The second kappa shape index (κ2) is 4.06. The summed E-state index contributed by atoms with van der Waals surface area (Å²) in [7, 11) is 0. The molecule has 0 saturated heterocycles. The molecule has 2 rings (SSSR count). The van der Waals surface area contributed by atoms with Crippen LogP contribution in [0.3, 0.4) is 0 Å². The maximum absolute atomic E-state index is 12.0. The van der Waals surface area contributed by atoms with Crippen LogP contribution in [0, 0.1) is 5.41 Å². The van der Waals surface area contributed by atoms with Gasteiger partial charge in [-0.05, 0) is 36.1 Å². The van der Waals surface area contributed by atoms with Gasteiger partial charge in [0.15, 0.2) is 0 Å². The molecule has 0 spiro atoms. The van der Waals surface area contributed by atoms with Gasteiger partial charge >= 0.3 is 0 Å². The molecule has 17 heavy (non-hydrogen) atoms. The first-order chi connectivity index (χ1) is 7.88. The van der Waals surface area contributed by atoms with E-state index in [0.29, 0.717) is 0 Å². The molecule has 3 heteroatoms. The van der Waals surface area contributed by atoms with Gasteiger partial charge in [0.2, 0.25) is 5.91 Å². The van der Waals surface area contributed by atoms with Crippen molar-refractivity contribution < 1.29 is 4.79 Å². The molecule has 92 valence electrons. The van der Waals surface area contributed by atoms with Gasteiger partial charge in [-0.1, -0.05) is 26.8 Å². The lowest BCUT2D eigenvalue weighted by Gasteiger charge is -2.22. The Hall–Kier alpha value is -1.51. The Morgan fingerprint density at radius 2 is 2.12 bits per heavy atom. The molecular weight excluding hydrogens is 212 g/mol. The number of benzene rings is 1. The van der Waals surface area contributed by atoms with E-state index in [9.17, 15) is 4.79 Å². The lowest BCUT2D eigenvalue weighted by Crippen LogP contribution is -2.36. The number of hydrogen-bond donors (Lipinski definition) is 2. The van der Waals surface area contributed by atoms with E-state index < -0.39 is 0 Å². The smallest absolute Gasteiger partial charge is 0.225 e. The molecule has 3 N–H and O–H groups in total. The van der Waals surface area contributed by atoms with Crippen LogP contribution in [0.25, 0.3) is 0 Å². The fourth-order valence-electron chi connectivity index (χ4n) is 2.16. The third-order valence-corrected chi connectivity index (χ3v) is 3.23. The van der Waals surface area contributed by atoms with Crippen molar-refractivity contribution in [1.29, 1.82) is 0 Å². The number of rotatable bonds is 1. The van der Waals surface area contributed by atoms with Crippen molar-refractivity contribution in [2.45, 2.75) is 39.7 Å². The van der Waals surface area contributed by atoms with E-state index in [2.05, 4.69) is 5.32 Å². The quantitative estimate of drug-likeness (QED) is 0.731. The maximum atomic E-state index is 12.0. The lowest BCUT2D eigenvalue weighted by atomic mass is 9.94. The van der Waals surface area contributed by atoms with Crippen LogP contribution in [0.2, 0.25) is 0 Å². The zero-order chi connectivity index (χ0) is 12.6. The summed E-state index contributed by atoms with van der Waals surface area (Å²) in [4.78, 5) is 12.0. The molecular formula is C14H20N2O. The SMILES string of the molecule is CC(C)(C)C(=O)NC1CCc2cc(N)ccc21. The topological polar surface area (TPSA) is 55.1 Å². The molecule has 0 aromatic heterocycles. The van der Waals surface area contributed by atoms with Crippen LogP contribution in [0.4, 0.5) is 5.69 Å². The van der Waals surface area contributed by atoms with E-state index in [-0.39, 0.29) is 17.4 Å². The first-order valence-corrected chi connectivity index (χ1v) is 6.07. The minimum Gasteiger partial charge on any atom is -0.399 e. The zero-order valence-electron chi connectivity index (χ0n) is 10.7. The molecule has 0 aliphatic heterocycles. The molecule has 1 unspecified atom stereocenters. The monoisotopic (exact) mass is 232 g/mol. The van der Waals surface area contributed by atoms with Crippen LogP contribution in [0.15, 0.2) is 18.2 Å². The van der Waals surface area contributed by atoms with Crippen LogP contribution in [-0.2, 0) is 11.2 Å². The zero-order valence-corrected chi connectivity index (χ0v) is 10.7. The number of fused-ring (bicyclic) bond motifs is 1. The average Bonchev–Trinajstić information content (AvgIpc) is 2.59. The number of hydrogen-bond acceptors (Lipinski definition) is 2. The van der Waals surface area contributed by atoms with Gasteiger partial charge in [0.25, 0.3) is 0 Å². The summed E-state index contributed by atoms with van der Waals surface area (Å²) in [5.41, 5.74) is 8.71. The summed E-state index contributed by atoms with van der Waals surface area (Å²) in [6, 6.07) is 6.10. The first kappa shape index (κ1) is 12.0. The Balaban J connectivity index is 2.15. The predicted octanol–water partition coefficient (Wildman–Crippen LogP) is 2.42. The van der Waals surface area contributed by atoms with Crippen molar-refractivity contribution in [3.05, 3.63) is 29.3 Å². The summed E-state index contributed by atoms with van der Waals surface area (Å²) in [6.45, 7) is 5.80. The van der Waals surface area contributed by atoms with Crippen LogP contribution >= 0.6 is 0 Å². The van der Waals surface area contributed by atoms with Crippen LogP contribution in [-0.4, -0.2) is 5.91 Å². The Kier molecular flexibility index (Phi) is 2.86. The highest BCUT2D eigenvalue weighted by Gasteiger charge is 2.28. The van der Waals surface area contributed by atoms with Crippen molar-refractivity contribution in [3.8, 4) is 0 Å². The van der Waals surface area contributed by atoms with E-state index in [1.807, 2.05) is 39.0 Å². The average molecular weight is 232 g/mol. The Morgan fingerprint density at radius 3 is 2.76 bits per heavy atom. The first-order valence-electron chi connectivity index (χ1n) is 6.07. The van der Waals surface area contributed by atoms with Crippen molar-refractivity contribution >= 4 is 11.6 Å². The number of aryl methyl sites for hydroxylation is 1. The Labute approximate surface area is 102 Å². The second-order valence-corrected chi connectivity index (χ2v) is 5.77. The van der Waals surface area contributed by atoms with E-state index in [1.165, 1.54) is 11.1 Å². The van der Waals surface area contributed by atoms with Crippen molar-refractivity contribution in [3.63, 3.8) is 0 Å². The molecule has 0 bridgehead atoms. The van der Waals surface area contributed by atoms with Crippen molar-refractivity contribution in [2.75, 3.05) is 5.73 Å². The molecule has 1 aromatic rings. The van der Waals surface area contributed by atoms with Gasteiger partial charge in [-0.15, -0.1) is 0 Å². The predicted molar refractivity (Wildman–Crippen MR) is 69.5 cm³/mol. The molecule has 0 saturated carbocycles. The summed E-state index contributed by atoms with van der Waals surface area (Å²) >= 11 is 0. The van der Waals surface area contributed by atoms with Gasteiger partial charge in [-0.2, -0.15) is 0 Å². The summed E-state index contributed by atoms with van der Waals surface area (Å²) in [5.74, 6) is 0.104. The van der Waals surface area contributed by atoms with E-state index >= 15 is 0 Å². The molecule has 0 radical (unpaired) electrons. The Bertz CT molecular complexity index is 446. The maximum Gasteiger partial charge on any atom is 0.225 e. The van der Waals surface area contributed by atoms with Gasteiger partial charge in [-0.25, -0.2) is 0 Å². The number of amides is 1. The minimum absolute atomic E-state index is 0.104. The number of nitrogens with two attached hydrogens (primary N) is 1. The third kappa shape index (κ3) is 2.43. The highest BCUT2D eigenvalue weighted by molar-refractivity contribution is 5.82. The fraction of sp³-hybridized carbons (Fsp3) is 0.500. The molecule has 1 aliphatic rings. The normalized spacial score (nSPS) is 18.9. The second-order valence-electron chi connectivity index (χ2n) is 5.77. The van der Waals surface area contributed by atoms with Gasteiger partial charge in [-0.3, -0.25) is 4.79 Å². The van der Waals surface area contributed by atoms with Crippen LogP contribution < -0.4 is 11.1 Å². The Morgan fingerprint density at radius 1 is 1.41 bits per heavy atom. The standard InChI is InChI=1S/C14H20N2O/c1-14(2,3)13(17)16-12-7-4-9-8-10(15)5-6-11(9)12/h5-6,8,12H,4,7,15H2,1-3H3,(H,16,17). The highest BCUT2D eigenvalue weighted by atomic mass is 16.2. The number of carbonyl (C=O) groups excluding carboxylic acids is 1. The number of carbonyl (C=O) groups is 1. The summed E-state index contributed by atoms with van der Waals surface area (Å²) in [6.07, 6.45) is 1.97. The lowest BCUT2D eigenvalue weighted by molar-refractivity contribution is -0.129. The molecule has 1 aromatic carbocycles. The molecule has 1 amide bonds. The molecule has 3 nitrogen and oxygen atoms in total. The molecule has 0 fully saturated rings. The molecule has 1 aliphatic carbocycles.